The first-order valence-corrected chi connectivity index (χ1v) is 5.92. The van der Waals surface area contributed by atoms with E-state index in [0.717, 1.165) is 5.56 Å². The van der Waals surface area contributed by atoms with Gasteiger partial charge in [-0.3, -0.25) is 9.89 Å². The zero-order valence-corrected chi connectivity index (χ0v) is 10.3. The number of nitrogens with two attached hydrogens (primary N) is 1. The van der Waals surface area contributed by atoms with Gasteiger partial charge in [0.25, 0.3) is 5.91 Å². The summed E-state index contributed by atoms with van der Waals surface area (Å²) in [5, 5.41) is 15.0. The van der Waals surface area contributed by atoms with Gasteiger partial charge >= 0.3 is 5.97 Å². The number of carboxylic acids is 1. The van der Waals surface area contributed by atoms with Gasteiger partial charge in [-0.1, -0.05) is 0 Å². The second-order valence-electron chi connectivity index (χ2n) is 4.40. The van der Waals surface area contributed by atoms with E-state index in [4.69, 9.17) is 10.8 Å². The quantitative estimate of drug-likeness (QED) is 0.722. The third-order valence-corrected chi connectivity index (χ3v) is 3.17. The fraction of sp³-hybridized carbons (Fsp3) is 0.167. The van der Waals surface area contributed by atoms with Gasteiger partial charge in [0, 0.05) is 12.2 Å². The van der Waals surface area contributed by atoms with Crippen molar-refractivity contribution >= 4 is 23.5 Å². The largest absolute Gasteiger partial charge is 0.478 e. The predicted octanol–water partition coefficient (Wildman–Crippen LogP) is 0.288. The molecule has 0 atom stereocenters. The highest BCUT2D eigenvalue weighted by atomic mass is 16.4. The van der Waals surface area contributed by atoms with E-state index in [2.05, 4.69) is 15.2 Å². The molecule has 0 unspecified atom stereocenters. The van der Waals surface area contributed by atoms with Crippen LogP contribution in [0.3, 0.4) is 0 Å². The molecule has 0 bridgehead atoms. The Kier molecular flexibility index (Phi) is 2.63. The zero-order chi connectivity index (χ0) is 14.3. The maximum atomic E-state index is 12.3. The highest BCUT2D eigenvalue weighted by Crippen LogP contribution is 2.29. The molecular formula is C12H11N5O3. The summed E-state index contributed by atoms with van der Waals surface area (Å²) >= 11 is 0. The van der Waals surface area contributed by atoms with Gasteiger partial charge in [-0.05, 0) is 30.2 Å². The van der Waals surface area contributed by atoms with Crippen LogP contribution in [0.5, 0.6) is 0 Å². The van der Waals surface area contributed by atoms with Crippen LogP contribution in [0.25, 0.3) is 0 Å². The lowest BCUT2D eigenvalue weighted by molar-refractivity contribution is 0.0696. The van der Waals surface area contributed by atoms with Gasteiger partial charge in [-0.2, -0.15) is 4.98 Å². The maximum absolute atomic E-state index is 12.3. The maximum Gasteiger partial charge on any atom is 0.335 e. The number of carbonyl (C=O) groups is 2. The molecule has 1 aliphatic rings. The minimum Gasteiger partial charge on any atom is -0.478 e. The predicted molar refractivity (Wildman–Crippen MR) is 69.6 cm³/mol. The number of carboxylic acid groups (broad SMARTS) is 1. The SMILES string of the molecule is Nc1n[nH]c(C(=O)N2CCc3cc(C(=O)O)ccc32)n1. The molecule has 1 amide bonds. The molecule has 1 aromatic heterocycles. The fourth-order valence-corrected chi connectivity index (χ4v) is 2.24. The Morgan fingerprint density at radius 1 is 1.40 bits per heavy atom. The number of nitrogens with one attached hydrogen (secondary N) is 1. The van der Waals surface area contributed by atoms with E-state index in [1.54, 1.807) is 12.1 Å². The number of hydrogen-bond donors (Lipinski definition) is 3. The lowest BCUT2D eigenvalue weighted by Gasteiger charge is -2.15. The second kappa shape index (κ2) is 4.34. The summed E-state index contributed by atoms with van der Waals surface area (Å²) in [6.45, 7) is 0.470. The lowest BCUT2D eigenvalue weighted by atomic mass is 10.1. The zero-order valence-electron chi connectivity index (χ0n) is 10.3. The molecule has 102 valence electrons. The Bertz CT molecular complexity index is 709. The van der Waals surface area contributed by atoms with E-state index >= 15 is 0 Å². The third kappa shape index (κ3) is 1.87. The second-order valence-corrected chi connectivity index (χ2v) is 4.40. The molecule has 4 N–H and O–H groups in total. The lowest BCUT2D eigenvalue weighted by Crippen LogP contribution is -2.29. The van der Waals surface area contributed by atoms with Crippen molar-refractivity contribution in [3.8, 4) is 0 Å². The summed E-state index contributed by atoms with van der Waals surface area (Å²) in [4.78, 5) is 28.5. The number of nitrogens with zero attached hydrogens (tertiary/aromatic N) is 3. The van der Waals surface area contributed by atoms with Crippen LogP contribution in [-0.4, -0.2) is 38.7 Å². The number of carbonyl (C=O) groups excluding carboxylic acids is 1. The molecule has 8 nitrogen and oxygen atoms in total. The van der Waals surface area contributed by atoms with E-state index < -0.39 is 5.97 Å². The molecule has 0 saturated carbocycles. The molecule has 0 saturated heterocycles. The average Bonchev–Trinajstić information content (AvgIpc) is 3.03. The molecule has 8 heteroatoms. The van der Waals surface area contributed by atoms with Crippen LogP contribution >= 0.6 is 0 Å². The molecule has 0 aliphatic carbocycles. The van der Waals surface area contributed by atoms with Crippen molar-refractivity contribution in [2.75, 3.05) is 17.2 Å². The molecule has 0 spiro atoms. The average molecular weight is 273 g/mol. The molecule has 2 heterocycles. The van der Waals surface area contributed by atoms with Gasteiger partial charge in [0.1, 0.15) is 0 Å². The Morgan fingerprint density at radius 2 is 2.20 bits per heavy atom. The van der Waals surface area contributed by atoms with Crippen LogP contribution in [0.1, 0.15) is 26.5 Å². The topological polar surface area (TPSA) is 125 Å². The fourth-order valence-electron chi connectivity index (χ4n) is 2.24. The number of benzene rings is 1. The van der Waals surface area contributed by atoms with Crippen molar-refractivity contribution in [2.24, 2.45) is 0 Å². The van der Waals surface area contributed by atoms with E-state index in [0.29, 0.717) is 18.7 Å². The van der Waals surface area contributed by atoms with Crippen molar-refractivity contribution in [1.82, 2.24) is 15.2 Å². The summed E-state index contributed by atoms with van der Waals surface area (Å²) in [5.74, 6) is -1.25. The van der Waals surface area contributed by atoms with E-state index in [-0.39, 0.29) is 23.2 Å². The standard InChI is InChI=1S/C12H11N5O3/c13-12-14-9(15-16-12)10(18)17-4-3-6-5-7(11(19)20)1-2-8(6)17/h1-2,5H,3-4H2,(H,19,20)(H3,13,14,15,16). The number of rotatable bonds is 2. The number of hydrogen-bond acceptors (Lipinski definition) is 5. The van der Waals surface area contributed by atoms with Crippen LogP contribution in [0, 0.1) is 0 Å². The summed E-state index contributed by atoms with van der Waals surface area (Å²) in [6, 6.07) is 4.69. The Labute approximate surface area is 113 Å². The van der Waals surface area contributed by atoms with Gasteiger partial charge < -0.3 is 15.7 Å². The van der Waals surface area contributed by atoms with Crippen molar-refractivity contribution in [3.05, 3.63) is 35.2 Å². The van der Waals surface area contributed by atoms with Crippen LogP contribution < -0.4 is 10.6 Å². The van der Waals surface area contributed by atoms with Gasteiger partial charge in [0.05, 0.1) is 5.56 Å². The highest BCUT2D eigenvalue weighted by Gasteiger charge is 2.28. The minimum absolute atomic E-state index is 0.00833. The minimum atomic E-state index is -0.986. The molecular weight excluding hydrogens is 262 g/mol. The van der Waals surface area contributed by atoms with Crippen molar-refractivity contribution in [3.63, 3.8) is 0 Å². The normalized spacial score (nSPS) is 13.3. The number of amides is 1. The first-order valence-electron chi connectivity index (χ1n) is 5.92. The molecule has 0 fully saturated rings. The number of aromatic amines is 1. The summed E-state index contributed by atoms with van der Waals surface area (Å²) in [6.07, 6.45) is 0.603. The number of H-pyrrole nitrogens is 1. The Balaban J connectivity index is 1.93. The summed E-state index contributed by atoms with van der Waals surface area (Å²) < 4.78 is 0. The van der Waals surface area contributed by atoms with Crippen LogP contribution in [0.15, 0.2) is 18.2 Å². The van der Waals surface area contributed by atoms with E-state index in [9.17, 15) is 9.59 Å². The van der Waals surface area contributed by atoms with E-state index in [1.165, 1.54) is 11.0 Å². The first kappa shape index (κ1) is 12.2. The molecule has 3 rings (SSSR count). The molecule has 2 aromatic rings. The molecule has 1 aliphatic heterocycles. The number of anilines is 2. The monoisotopic (exact) mass is 273 g/mol. The summed E-state index contributed by atoms with van der Waals surface area (Å²) in [5.41, 5.74) is 7.10. The number of aromatic carboxylic acids is 1. The molecule has 1 aromatic carbocycles. The number of aromatic nitrogens is 3. The van der Waals surface area contributed by atoms with Gasteiger partial charge in [0.2, 0.25) is 11.8 Å². The number of fused-ring (bicyclic) bond motifs is 1. The van der Waals surface area contributed by atoms with Crippen LogP contribution in [-0.2, 0) is 6.42 Å². The molecule has 20 heavy (non-hydrogen) atoms. The van der Waals surface area contributed by atoms with Gasteiger partial charge in [-0.15, -0.1) is 5.10 Å². The highest BCUT2D eigenvalue weighted by molar-refractivity contribution is 6.05. The van der Waals surface area contributed by atoms with Crippen molar-refractivity contribution in [1.29, 1.82) is 0 Å². The van der Waals surface area contributed by atoms with E-state index in [1.807, 2.05) is 0 Å². The number of nitrogen functional groups attached to an aromatic ring is 1. The van der Waals surface area contributed by atoms with Crippen LogP contribution in [0.4, 0.5) is 11.6 Å². The molecule has 0 radical (unpaired) electrons. The third-order valence-electron chi connectivity index (χ3n) is 3.17. The smallest absolute Gasteiger partial charge is 0.335 e. The Morgan fingerprint density at radius 3 is 2.85 bits per heavy atom. The summed E-state index contributed by atoms with van der Waals surface area (Å²) in [7, 11) is 0. The van der Waals surface area contributed by atoms with Crippen molar-refractivity contribution in [2.45, 2.75) is 6.42 Å². The first-order chi connectivity index (χ1) is 9.56. The van der Waals surface area contributed by atoms with Gasteiger partial charge in [0.15, 0.2) is 0 Å². The van der Waals surface area contributed by atoms with Crippen molar-refractivity contribution < 1.29 is 14.7 Å². The Hall–Kier alpha value is -2.90. The van der Waals surface area contributed by atoms with Crippen LogP contribution in [0.2, 0.25) is 0 Å². The van der Waals surface area contributed by atoms with Gasteiger partial charge in [-0.25, -0.2) is 4.79 Å².